The van der Waals surface area contributed by atoms with Crippen LogP contribution in [0.1, 0.15) is 30.7 Å². The first kappa shape index (κ1) is 18.4. The standard InChI is InChI=1S/C19H23N3O3S/c1-13(23)20-14-7-8-17(25-2)15(11-14)21-19(24)12-22-9-3-5-16(22)18-6-4-10-26-18/h4,6-8,10-11,16H,3,5,9,12H2,1-2H3,(H,20,23)(H,21,24)/t16-/m0/s1. The van der Waals surface area contributed by atoms with Gasteiger partial charge in [0.25, 0.3) is 0 Å². The van der Waals surface area contributed by atoms with Crippen LogP contribution in [0.3, 0.4) is 0 Å². The number of rotatable bonds is 6. The molecular formula is C19H23N3O3S. The minimum Gasteiger partial charge on any atom is -0.495 e. The predicted octanol–water partition coefficient (Wildman–Crippen LogP) is 3.49. The first-order chi connectivity index (χ1) is 12.6. The van der Waals surface area contributed by atoms with Crippen molar-refractivity contribution in [2.45, 2.75) is 25.8 Å². The molecule has 2 heterocycles. The Morgan fingerprint density at radius 1 is 1.31 bits per heavy atom. The fourth-order valence-electron chi connectivity index (χ4n) is 3.28. The average molecular weight is 373 g/mol. The zero-order valence-corrected chi connectivity index (χ0v) is 15.8. The SMILES string of the molecule is COc1ccc(NC(C)=O)cc1NC(=O)CN1CCC[C@H]1c1cccs1. The Bertz CT molecular complexity index is 776. The lowest BCUT2D eigenvalue weighted by molar-refractivity contribution is -0.117. The summed E-state index contributed by atoms with van der Waals surface area (Å²) >= 11 is 1.74. The minimum absolute atomic E-state index is 0.0910. The molecule has 0 unspecified atom stereocenters. The van der Waals surface area contributed by atoms with Crippen LogP contribution in [0.15, 0.2) is 35.7 Å². The van der Waals surface area contributed by atoms with Crippen molar-refractivity contribution in [1.82, 2.24) is 4.90 Å². The van der Waals surface area contributed by atoms with Crippen molar-refractivity contribution >= 4 is 34.5 Å². The number of nitrogens with one attached hydrogen (secondary N) is 2. The van der Waals surface area contributed by atoms with Gasteiger partial charge in [0.1, 0.15) is 5.75 Å². The van der Waals surface area contributed by atoms with Crippen LogP contribution in [0.25, 0.3) is 0 Å². The van der Waals surface area contributed by atoms with Gasteiger partial charge in [-0.2, -0.15) is 0 Å². The summed E-state index contributed by atoms with van der Waals surface area (Å²) in [7, 11) is 1.55. The van der Waals surface area contributed by atoms with E-state index in [-0.39, 0.29) is 11.8 Å². The summed E-state index contributed by atoms with van der Waals surface area (Å²) in [5.41, 5.74) is 1.17. The molecule has 1 aromatic carbocycles. The van der Waals surface area contributed by atoms with Crippen LogP contribution in [0.4, 0.5) is 11.4 Å². The van der Waals surface area contributed by atoms with Crippen molar-refractivity contribution in [3.8, 4) is 5.75 Å². The second-order valence-corrected chi connectivity index (χ2v) is 7.27. The summed E-state index contributed by atoms with van der Waals surface area (Å²) in [5, 5.41) is 7.70. The van der Waals surface area contributed by atoms with Gasteiger partial charge in [-0.15, -0.1) is 11.3 Å². The largest absolute Gasteiger partial charge is 0.495 e. The van der Waals surface area contributed by atoms with Crippen molar-refractivity contribution in [2.75, 3.05) is 30.8 Å². The lowest BCUT2D eigenvalue weighted by Gasteiger charge is -2.23. The van der Waals surface area contributed by atoms with E-state index < -0.39 is 0 Å². The van der Waals surface area contributed by atoms with Gasteiger partial charge in [-0.25, -0.2) is 0 Å². The smallest absolute Gasteiger partial charge is 0.238 e. The molecule has 0 radical (unpaired) electrons. The van der Waals surface area contributed by atoms with Gasteiger partial charge in [-0.1, -0.05) is 6.07 Å². The Labute approximate surface area is 157 Å². The first-order valence-electron chi connectivity index (χ1n) is 8.59. The molecule has 1 aliphatic heterocycles. The van der Waals surface area contributed by atoms with Crippen LogP contribution < -0.4 is 15.4 Å². The van der Waals surface area contributed by atoms with Gasteiger partial charge in [-0.05, 0) is 49.0 Å². The number of hydrogen-bond donors (Lipinski definition) is 2. The van der Waals surface area contributed by atoms with E-state index in [0.717, 1.165) is 19.4 Å². The molecule has 1 saturated heterocycles. The second-order valence-electron chi connectivity index (χ2n) is 6.29. The number of ether oxygens (including phenoxy) is 1. The highest BCUT2D eigenvalue weighted by Gasteiger charge is 2.28. The van der Waals surface area contributed by atoms with Gasteiger partial charge in [0, 0.05) is 23.5 Å². The lowest BCUT2D eigenvalue weighted by atomic mass is 10.2. The molecule has 1 aromatic heterocycles. The molecule has 0 spiro atoms. The van der Waals surface area contributed by atoms with Crippen molar-refractivity contribution in [2.24, 2.45) is 0 Å². The van der Waals surface area contributed by atoms with E-state index >= 15 is 0 Å². The summed E-state index contributed by atoms with van der Waals surface area (Å²) in [6.45, 7) is 2.69. The Kier molecular flexibility index (Phi) is 5.90. The minimum atomic E-state index is -0.164. The van der Waals surface area contributed by atoms with Crippen LogP contribution in [-0.2, 0) is 9.59 Å². The van der Waals surface area contributed by atoms with Crippen LogP contribution in [0.5, 0.6) is 5.75 Å². The van der Waals surface area contributed by atoms with E-state index in [2.05, 4.69) is 33.0 Å². The van der Waals surface area contributed by atoms with E-state index in [1.165, 1.54) is 11.8 Å². The Hall–Kier alpha value is -2.38. The molecule has 26 heavy (non-hydrogen) atoms. The third-order valence-corrected chi connectivity index (χ3v) is 5.35. The predicted molar refractivity (Wildman–Crippen MR) is 104 cm³/mol. The maximum Gasteiger partial charge on any atom is 0.238 e. The molecule has 2 aromatic rings. The number of carbonyl (C=O) groups excluding carboxylic acids is 2. The molecule has 0 bridgehead atoms. The van der Waals surface area contributed by atoms with E-state index in [4.69, 9.17) is 4.74 Å². The summed E-state index contributed by atoms with van der Waals surface area (Å²) in [6.07, 6.45) is 2.17. The van der Waals surface area contributed by atoms with Crippen LogP contribution in [0.2, 0.25) is 0 Å². The zero-order valence-electron chi connectivity index (χ0n) is 15.0. The fraction of sp³-hybridized carbons (Fsp3) is 0.368. The van der Waals surface area contributed by atoms with Crippen molar-refractivity contribution in [3.63, 3.8) is 0 Å². The number of benzene rings is 1. The van der Waals surface area contributed by atoms with Gasteiger partial charge >= 0.3 is 0 Å². The number of nitrogens with zero attached hydrogens (tertiary/aromatic N) is 1. The highest BCUT2D eigenvalue weighted by molar-refractivity contribution is 7.10. The number of methoxy groups -OCH3 is 1. The van der Waals surface area contributed by atoms with E-state index in [1.807, 2.05) is 0 Å². The average Bonchev–Trinajstić information content (AvgIpc) is 3.25. The van der Waals surface area contributed by atoms with Gasteiger partial charge in [0.05, 0.1) is 19.3 Å². The molecule has 1 fully saturated rings. The fourth-order valence-corrected chi connectivity index (χ4v) is 4.17. The topological polar surface area (TPSA) is 70.7 Å². The lowest BCUT2D eigenvalue weighted by Crippen LogP contribution is -2.32. The summed E-state index contributed by atoms with van der Waals surface area (Å²) in [6, 6.07) is 9.67. The maximum absolute atomic E-state index is 12.6. The van der Waals surface area contributed by atoms with Crippen LogP contribution >= 0.6 is 11.3 Å². The van der Waals surface area contributed by atoms with E-state index in [1.54, 1.807) is 36.6 Å². The normalized spacial score (nSPS) is 17.1. The molecule has 138 valence electrons. The number of anilines is 2. The van der Waals surface area contributed by atoms with E-state index in [9.17, 15) is 9.59 Å². The summed E-state index contributed by atoms with van der Waals surface area (Å²) in [4.78, 5) is 27.4. The van der Waals surface area contributed by atoms with Gasteiger partial charge in [0.15, 0.2) is 0 Å². The highest BCUT2D eigenvalue weighted by Crippen LogP contribution is 2.34. The third-order valence-electron chi connectivity index (χ3n) is 4.38. The molecule has 6 nitrogen and oxygen atoms in total. The molecule has 1 atom stereocenters. The maximum atomic E-state index is 12.6. The van der Waals surface area contributed by atoms with Gasteiger partial charge < -0.3 is 15.4 Å². The molecule has 1 aliphatic rings. The van der Waals surface area contributed by atoms with Crippen LogP contribution in [0, 0.1) is 0 Å². The zero-order chi connectivity index (χ0) is 18.5. The number of likely N-dealkylation sites (tertiary alicyclic amines) is 1. The van der Waals surface area contributed by atoms with Crippen LogP contribution in [-0.4, -0.2) is 36.9 Å². The quantitative estimate of drug-likeness (QED) is 0.813. The number of hydrogen-bond acceptors (Lipinski definition) is 5. The molecule has 0 aliphatic carbocycles. The third kappa shape index (κ3) is 4.42. The second kappa shape index (κ2) is 8.33. The van der Waals surface area contributed by atoms with Crippen molar-refractivity contribution in [3.05, 3.63) is 40.6 Å². The number of amides is 2. The number of thiophene rings is 1. The Morgan fingerprint density at radius 2 is 2.15 bits per heavy atom. The molecule has 2 N–H and O–H groups in total. The summed E-state index contributed by atoms with van der Waals surface area (Å²) in [5.74, 6) is 0.304. The Balaban J connectivity index is 1.68. The van der Waals surface area contributed by atoms with Gasteiger partial charge in [-0.3, -0.25) is 14.5 Å². The molecule has 2 amide bonds. The molecular weight excluding hydrogens is 350 g/mol. The molecule has 7 heteroatoms. The van der Waals surface area contributed by atoms with E-state index in [0.29, 0.717) is 29.7 Å². The summed E-state index contributed by atoms with van der Waals surface area (Å²) < 4.78 is 5.32. The number of carbonyl (C=O) groups is 2. The Morgan fingerprint density at radius 3 is 2.85 bits per heavy atom. The monoisotopic (exact) mass is 373 g/mol. The first-order valence-corrected chi connectivity index (χ1v) is 9.47. The highest BCUT2D eigenvalue weighted by atomic mass is 32.1. The van der Waals surface area contributed by atoms with Crippen molar-refractivity contribution < 1.29 is 14.3 Å². The molecule has 0 saturated carbocycles. The molecule has 3 rings (SSSR count). The van der Waals surface area contributed by atoms with Gasteiger partial charge in [0.2, 0.25) is 11.8 Å². The van der Waals surface area contributed by atoms with Crippen molar-refractivity contribution in [1.29, 1.82) is 0 Å².